The van der Waals surface area contributed by atoms with E-state index in [1.165, 1.54) is 33.2 Å². The standard InChI is InChI=1S/C21H26N6O4/c1-12(2)11-26-19-15(7-8-16(28)25(4)10-9-22)13(3)24-27(19)21(31)17(20(26)30)18(29)23-14-5-6-14/h7-8,12,14,31H,5-6,10-11H2,1-4H3,(H,23,29)/b8-7+. The minimum absolute atomic E-state index is 0.0230. The predicted octanol–water partition coefficient (Wildman–Crippen LogP) is 1.05. The molecule has 0 unspecified atom stereocenters. The minimum Gasteiger partial charge on any atom is -0.492 e. The Labute approximate surface area is 179 Å². The predicted molar refractivity (Wildman–Crippen MR) is 113 cm³/mol. The van der Waals surface area contributed by atoms with E-state index < -0.39 is 17.3 Å². The van der Waals surface area contributed by atoms with E-state index in [2.05, 4.69) is 10.4 Å². The molecular formula is C21H26N6O4. The quantitative estimate of drug-likeness (QED) is 0.502. The van der Waals surface area contributed by atoms with Gasteiger partial charge in [0.15, 0.2) is 5.56 Å². The number of hydrogen-bond donors (Lipinski definition) is 2. The number of aromatic nitrogens is 3. The highest BCUT2D eigenvalue weighted by Crippen LogP contribution is 2.25. The third kappa shape index (κ3) is 4.45. The lowest BCUT2D eigenvalue weighted by Gasteiger charge is -2.15. The molecule has 3 rings (SSSR count). The molecule has 1 aliphatic rings. The van der Waals surface area contributed by atoms with Gasteiger partial charge in [-0.2, -0.15) is 14.9 Å². The molecular weight excluding hydrogens is 400 g/mol. The van der Waals surface area contributed by atoms with E-state index in [9.17, 15) is 19.5 Å². The molecule has 2 N–H and O–H groups in total. The Morgan fingerprint density at radius 1 is 1.42 bits per heavy atom. The molecule has 10 nitrogen and oxygen atoms in total. The number of nitriles is 1. The van der Waals surface area contributed by atoms with Gasteiger partial charge < -0.3 is 15.3 Å². The molecule has 2 amide bonds. The topological polar surface area (TPSA) is 133 Å². The summed E-state index contributed by atoms with van der Waals surface area (Å²) in [6, 6.07) is 1.92. The first-order valence-corrected chi connectivity index (χ1v) is 10.1. The largest absolute Gasteiger partial charge is 0.492 e. The monoisotopic (exact) mass is 426 g/mol. The molecule has 2 aromatic heterocycles. The molecule has 1 fully saturated rings. The number of rotatable bonds is 7. The number of fused-ring (bicyclic) bond motifs is 1. The van der Waals surface area contributed by atoms with Gasteiger partial charge in [0.25, 0.3) is 11.5 Å². The van der Waals surface area contributed by atoms with Crippen LogP contribution in [0.3, 0.4) is 0 Å². The number of nitrogens with zero attached hydrogens (tertiary/aromatic N) is 5. The Balaban J connectivity index is 2.18. The molecule has 0 atom stereocenters. The maximum atomic E-state index is 13.2. The molecule has 164 valence electrons. The summed E-state index contributed by atoms with van der Waals surface area (Å²) >= 11 is 0. The SMILES string of the molecule is Cc1nn2c(O)c(C(=O)NC3CC3)c(=O)n(CC(C)C)c2c1/C=C/C(=O)N(C)CC#N. The number of hydrogen-bond acceptors (Lipinski definition) is 6. The van der Waals surface area contributed by atoms with E-state index >= 15 is 0 Å². The smallest absolute Gasteiger partial charge is 0.270 e. The van der Waals surface area contributed by atoms with Crippen LogP contribution in [0.2, 0.25) is 0 Å². The van der Waals surface area contributed by atoms with Crippen LogP contribution in [0.4, 0.5) is 0 Å². The summed E-state index contributed by atoms with van der Waals surface area (Å²) in [5.74, 6) is -1.47. The van der Waals surface area contributed by atoms with Crippen molar-refractivity contribution in [3.05, 3.63) is 33.3 Å². The lowest BCUT2D eigenvalue weighted by Crippen LogP contribution is -2.36. The van der Waals surface area contributed by atoms with Crippen molar-refractivity contribution in [1.82, 2.24) is 24.4 Å². The molecule has 0 aliphatic heterocycles. The van der Waals surface area contributed by atoms with Gasteiger partial charge >= 0.3 is 0 Å². The van der Waals surface area contributed by atoms with Crippen molar-refractivity contribution in [2.75, 3.05) is 13.6 Å². The van der Waals surface area contributed by atoms with E-state index in [-0.39, 0.29) is 30.0 Å². The zero-order valence-electron chi connectivity index (χ0n) is 18.0. The van der Waals surface area contributed by atoms with E-state index in [4.69, 9.17) is 5.26 Å². The van der Waals surface area contributed by atoms with Crippen molar-refractivity contribution in [3.63, 3.8) is 0 Å². The van der Waals surface area contributed by atoms with Crippen molar-refractivity contribution in [2.24, 2.45) is 5.92 Å². The van der Waals surface area contributed by atoms with E-state index in [0.29, 0.717) is 23.4 Å². The van der Waals surface area contributed by atoms with Crippen LogP contribution in [0.25, 0.3) is 11.7 Å². The van der Waals surface area contributed by atoms with Gasteiger partial charge in [0, 0.05) is 31.3 Å². The second-order valence-corrected chi connectivity index (χ2v) is 8.18. The van der Waals surface area contributed by atoms with Crippen molar-refractivity contribution < 1.29 is 14.7 Å². The summed E-state index contributed by atoms with van der Waals surface area (Å²) in [5, 5.41) is 26.6. The van der Waals surface area contributed by atoms with Crippen molar-refractivity contribution >= 4 is 23.5 Å². The van der Waals surface area contributed by atoms with Gasteiger partial charge in [0.2, 0.25) is 11.8 Å². The average Bonchev–Trinajstić information content (AvgIpc) is 3.44. The zero-order chi connectivity index (χ0) is 22.9. The van der Waals surface area contributed by atoms with Crippen LogP contribution >= 0.6 is 0 Å². The van der Waals surface area contributed by atoms with Gasteiger partial charge in [-0.3, -0.25) is 19.0 Å². The molecule has 31 heavy (non-hydrogen) atoms. The number of nitrogens with one attached hydrogen (secondary N) is 1. The van der Waals surface area contributed by atoms with Gasteiger partial charge in [-0.15, -0.1) is 0 Å². The highest BCUT2D eigenvalue weighted by molar-refractivity contribution is 5.97. The summed E-state index contributed by atoms with van der Waals surface area (Å²) < 4.78 is 2.58. The van der Waals surface area contributed by atoms with Crippen LogP contribution in [-0.4, -0.2) is 55.6 Å². The van der Waals surface area contributed by atoms with E-state index in [1.54, 1.807) is 6.92 Å². The molecule has 2 heterocycles. The summed E-state index contributed by atoms with van der Waals surface area (Å²) in [7, 11) is 1.50. The Morgan fingerprint density at radius 3 is 2.68 bits per heavy atom. The highest BCUT2D eigenvalue weighted by atomic mass is 16.3. The number of aryl methyl sites for hydroxylation is 1. The highest BCUT2D eigenvalue weighted by Gasteiger charge is 2.30. The number of aromatic hydroxyl groups is 1. The second-order valence-electron chi connectivity index (χ2n) is 8.18. The van der Waals surface area contributed by atoms with Crippen LogP contribution in [0.5, 0.6) is 5.88 Å². The first-order valence-electron chi connectivity index (χ1n) is 10.1. The second kappa shape index (κ2) is 8.63. The maximum Gasteiger partial charge on any atom is 0.270 e. The van der Waals surface area contributed by atoms with Gasteiger partial charge in [0.05, 0.1) is 11.8 Å². The van der Waals surface area contributed by atoms with Gasteiger partial charge in [-0.25, -0.2) is 0 Å². The fraction of sp³-hybridized carbons (Fsp3) is 0.476. The third-order valence-electron chi connectivity index (χ3n) is 4.98. The molecule has 0 saturated heterocycles. The van der Waals surface area contributed by atoms with Gasteiger partial charge in [-0.1, -0.05) is 13.8 Å². The first-order chi connectivity index (χ1) is 14.6. The molecule has 0 bridgehead atoms. The van der Waals surface area contributed by atoms with Gasteiger partial charge in [0.1, 0.15) is 12.2 Å². The Kier molecular flexibility index (Phi) is 6.15. The molecule has 0 spiro atoms. The molecule has 1 aliphatic carbocycles. The zero-order valence-corrected chi connectivity index (χ0v) is 18.0. The Hall–Kier alpha value is -3.61. The summed E-state index contributed by atoms with van der Waals surface area (Å²) in [6.07, 6.45) is 4.49. The average molecular weight is 426 g/mol. The summed E-state index contributed by atoms with van der Waals surface area (Å²) in [4.78, 5) is 39.3. The van der Waals surface area contributed by atoms with Crippen LogP contribution in [0.15, 0.2) is 10.9 Å². The summed E-state index contributed by atoms with van der Waals surface area (Å²) in [5.41, 5.74) is 0.283. The van der Waals surface area contributed by atoms with Crippen LogP contribution in [0.1, 0.15) is 48.3 Å². The Morgan fingerprint density at radius 2 is 2.10 bits per heavy atom. The van der Waals surface area contributed by atoms with Crippen molar-refractivity contribution in [2.45, 2.75) is 46.2 Å². The molecule has 1 saturated carbocycles. The fourth-order valence-corrected chi connectivity index (χ4v) is 3.25. The number of carbonyl (C=O) groups excluding carboxylic acids is 2. The van der Waals surface area contributed by atoms with Crippen LogP contribution in [-0.2, 0) is 11.3 Å². The van der Waals surface area contributed by atoms with Crippen molar-refractivity contribution in [3.8, 4) is 11.9 Å². The lowest BCUT2D eigenvalue weighted by molar-refractivity contribution is -0.124. The van der Waals surface area contributed by atoms with Crippen LogP contribution < -0.4 is 10.9 Å². The molecule has 2 aromatic rings. The first kappa shape index (κ1) is 22.1. The molecule has 0 radical (unpaired) electrons. The Bertz CT molecular complexity index is 1160. The van der Waals surface area contributed by atoms with E-state index in [1.807, 2.05) is 19.9 Å². The third-order valence-corrected chi connectivity index (χ3v) is 4.98. The summed E-state index contributed by atoms with van der Waals surface area (Å²) in [6.45, 7) is 5.78. The molecule has 10 heteroatoms. The maximum absolute atomic E-state index is 13.2. The molecule has 0 aromatic carbocycles. The normalized spacial score (nSPS) is 13.7. The number of likely N-dealkylation sites (N-methyl/N-ethyl adjacent to an activating group) is 1. The fourth-order valence-electron chi connectivity index (χ4n) is 3.25. The van der Waals surface area contributed by atoms with Gasteiger partial charge in [-0.05, 0) is 31.8 Å². The van der Waals surface area contributed by atoms with Crippen LogP contribution in [0, 0.1) is 24.2 Å². The minimum atomic E-state index is -0.622. The number of carbonyl (C=O) groups is 2. The van der Waals surface area contributed by atoms with E-state index in [0.717, 1.165) is 12.8 Å². The lowest BCUT2D eigenvalue weighted by atomic mass is 10.1. The van der Waals surface area contributed by atoms with Crippen molar-refractivity contribution in [1.29, 1.82) is 5.26 Å². The number of amides is 2.